The molecule has 0 unspecified atom stereocenters. The van der Waals surface area contributed by atoms with Gasteiger partial charge in [0.05, 0.1) is 28.3 Å². The highest BCUT2D eigenvalue weighted by atomic mass is 32.1. The Morgan fingerprint density at radius 2 is 2.00 bits per heavy atom. The zero-order chi connectivity index (χ0) is 15.0. The van der Waals surface area contributed by atoms with Crippen LogP contribution >= 0.6 is 11.3 Å². The van der Waals surface area contributed by atoms with Crippen LogP contribution < -0.4 is 10.5 Å². The maximum atomic E-state index is 5.99. The van der Waals surface area contributed by atoms with Gasteiger partial charge in [0.1, 0.15) is 11.4 Å². The molecule has 0 saturated carbocycles. The largest absolute Gasteiger partial charge is 0.496 e. The monoisotopic (exact) mass is 301 g/mol. The fraction of sp³-hybridized carbons (Fsp3) is 0.200. The van der Waals surface area contributed by atoms with Gasteiger partial charge >= 0.3 is 0 Å². The van der Waals surface area contributed by atoms with E-state index >= 15 is 0 Å². The number of para-hydroxylation sites is 1. The fourth-order valence-electron chi connectivity index (χ4n) is 2.32. The molecule has 3 rings (SSSR count). The van der Waals surface area contributed by atoms with Crippen LogP contribution in [0.4, 0.5) is 5.88 Å². The van der Waals surface area contributed by atoms with E-state index in [2.05, 4.69) is 10.1 Å². The van der Waals surface area contributed by atoms with Crippen molar-refractivity contribution in [1.29, 1.82) is 0 Å². The number of nitrogens with zero attached hydrogens (tertiary/aromatic N) is 2. The molecule has 3 aromatic rings. The molecule has 0 saturated heterocycles. The highest BCUT2D eigenvalue weighted by Gasteiger charge is 2.23. The Balaban J connectivity index is 2.25. The molecule has 6 heteroatoms. The molecule has 0 amide bonds. The normalized spacial score (nSPS) is 10.8. The van der Waals surface area contributed by atoms with Gasteiger partial charge in [-0.1, -0.05) is 23.4 Å². The first-order chi connectivity index (χ1) is 10.1. The first-order valence-electron chi connectivity index (χ1n) is 6.44. The van der Waals surface area contributed by atoms with Gasteiger partial charge in [-0.3, -0.25) is 0 Å². The summed E-state index contributed by atoms with van der Waals surface area (Å²) in [6.07, 6.45) is 0. The van der Waals surface area contributed by atoms with Crippen molar-refractivity contribution in [2.45, 2.75) is 13.8 Å². The minimum atomic E-state index is 0.278. The second kappa shape index (κ2) is 5.21. The van der Waals surface area contributed by atoms with E-state index in [9.17, 15) is 0 Å². The van der Waals surface area contributed by atoms with Crippen molar-refractivity contribution in [2.75, 3.05) is 12.8 Å². The van der Waals surface area contributed by atoms with Crippen molar-refractivity contribution in [1.82, 2.24) is 10.1 Å². The van der Waals surface area contributed by atoms with Crippen LogP contribution in [0.5, 0.6) is 5.75 Å². The topological polar surface area (TPSA) is 74.2 Å². The van der Waals surface area contributed by atoms with Gasteiger partial charge in [-0.2, -0.15) is 0 Å². The maximum Gasteiger partial charge on any atom is 0.230 e. The Labute approximate surface area is 126 Å². The second-order valence-electron chi connectivity index (χ2n) is 4.62. The third-order valence-electron chi connectivity index (χ3n) is 3.21. The average molecular weight is 301 g/mol. The zero-order valence-electron chi connectivity index (χ0n) is 12.0. The Bertz CT molecular complexity index is 792. The predicted molar refractivity (Wildman–Crippen MR) is 83.5 cm³/mol. The molecule has 21 heavy (non-hydrogen) atoms. The van der Waals surface area contributed by atoms with Crippen molar-refractivity contribution in [3.63, 3.8) is 0 Å². The van der Waals surface area contributed by atoms with Gasteiger partial charge in [-0.25, -0.2) is 4.98 Å². The highest BCUT2D eigenvalue weighted by molar-refractivity contribution is 7.15. The number of anilines is 1. The van der Waals surface area contributed by atoms with Crippen molar-refractivity contribution >= 4 is 17.2 Å². The van der Waals surface area contributed by atoms with Crippen molar-refractivity contribution in [2.24, 2.45) is 0 Å². The Kier molecular flexibility index (Phi) is 3.39. The van der Waals surface area contributed by atoms with E-state index in [0.29, 0.717) is 5.69 Å². The van der Waals surface area contributed by atoms with Crippen LogP contribution in [0.15, 0.2) is 28.8 Å². The van der Waals surface area contributed by atoms with Crippen molar-refractivity contribution < 1.29 is 9.26 Å². The minimum absolute atomic E-state index is 0.278. The molecular weight excluding hydrogens is 286 g/mol. The van der Waals surface area contributed by atoms with Gasteiger partial charge < -0.3 is 15.0 Å². The fourth-order valence-corrected chi connectivity index (χ4v) is 3.23. The summed E-state index contributed by atoms with van der Waals surface area (Å²) >= 11 is 1.57. The summed E-state index contributed by atoms with van der Waals surface area (Å²) in [5, 5.41) is 5.11. The van der Waals surface area contributed by atoms with Crippen LogP contribution in [0.3, 0.4) is 0 Å². The molecule has 2 heterocycles. The third kappa shape index (κ3) is 2.27. The predicted octanol–water partition coefficient (Wildman–Crippen LogP) is 3.67. The quantitative estimate of drug-likeness (QED) is 0.799. The second-order valence-corrected chi connectivity index (χ2v) is 5.82. The number of hydrogen-bond donors (Lipinski definition) is 1. The number of thiazole rings is 1. The summed E-state index contributed by atoms with van der Waals surface area (Å²) in [6.45, 7) is 3.92. The van der Waals surface area contributed by atoms with Crippen LogP contribution in [-0.2, 0) is 0 Å². The third-order valence-corrected chi connectivity index (χ3v) is 4.29. The van der Waals surface area contributed by atoms with Crippen LogP contribution in [0.2, 0.25) is 0 Å². The van der Waals surface area contributed by atoms with Gasteiger partial charge in [0.15, 0.2) is 0 Å². The summed E-state index contributed by atoms with van der Waals surface area (Å²) in [5.41, 5.74) is 9.23. The lowest BCUT2D eigenvalue weighted by Crippen LogP contribution is -1.91. The highest BCUT2D eigenvalue weighted by Crippen LogP contribution is 2.42. The number of nitrogens with two attached hydrogens (primary N) is 1. The number of hydrogen-bond acceptors (Lipinski definition) is 6. The van der Waals surface area contributed by atoms with Gasteiger partial charge in [-0.15, -0.1) is 11.3 Å². The molecule has 108 valence electrons. The first kappa shape index (κ1) is 13.6. The van der Waals surface area contributed by atoms with Crippen LogP contribution in [0.25, 0.3) is 21.7 Å². The molecule has 0 fully saturated rings. The Morgan fingerprint density at radius 3 is 2.67 bits per heavy atom. The number of aryl methyl sites for hydroxylation is 2. The Hall–Kier alpha value is -2.34. The number of rotatable bonds is 3. The number of benzene rings is 1. The van der Waals surface area contributed by atoms with Gasteiger partial charge in [0.25, 0.3) is 0 Å². The lowest BCUT2D eigenvalue weighted by atomic mass is 10.0. The van der Waals surface area contributed by atoms with Crippen LogP contribution in [0.1, 0.15) is 10.7 Å². The summed E-state index contributed by atoms with van der Waals surface area (Å²) in [5.74, 6) is 1.01. The van der Waals surface area contributed by atoms with E-state index in [1.54, 1.807) is 18.4 Å². The molecule has 0 spiro atoms. The van der Waals surface area contributed by atoms with Gasteiger partial charge in [0.2, 0.25) is 5.88 Å². The summed E-state index contributed by atoms with van der Waals surface area (Å²) < 4.78 is 10.6. The van der Waals surface area contributed by atoms with Crippen LogP contribution in [0, 0.1) is 13.8 Å². The molecule has 0 atom stereocenters. The van der Waals surface area contributed by atoms with E-state index in [0.717, 1.165) is 32.5 Å². The minimum Gasteiger partial charge on any atom is -0.496 e. The lowest BCUT2D eigenvalue weighted by molar-refractivity contribution is 0.416. The zero-order valence-corrected chi connectivity index (χ0v) is 12.8. The van der Waals surface area contributed by atoms with Crippen LogP contribution in [-0.4, -0.2) is 17.3 Å². The molecule has 1 aromatic carbocycles. The maximum absolute atomic E-state index is 5.99. The molecule has 0 aliphatic heterocycles. The number of ether oxygens (including phenoxy) is 1. The summed E-state index contributed by atoms with van der Waals surface area (Å²) in [6, 6.07) is 7.66. The smallest absolute Gasteiger partial charge is 0.230 e. The molecule has 5 nitrogen and oxygen atoms in total. The number of aromatic nitrogens is 2. The summed E-state index contributed by atoms with van der Waals surface area (Å²) in [4.78, 5) is 5.41. The molecule has 2 N–H and O–H groups in total. The van der Waals surface area contributed by atoms with E-state index in [1.807, 2.05) is 38.1 Å². The van der Waals surface area contributed by atoms with Crippen molar-refractivity contribution in [3.05, 3.63) is 35.0 Å². The molecule has 0 aliphatic rings. The molecule has 0 aliphatic carbocycles. The Morgan fingerprint density at radius 1 is 1.24 bits per heavy atom. The van der Waals surface area contributed by atoms with Gasteiger partial charge in [-0.05, 0) is 19.9 Å². The molecule has 2 aromatic heterocycles. The average Bonchev–Trinajstić information content (AvgIpc) is 3.01. The van der Waals surface area contributed by atoms with E-state index in [4.69, 9.17) is 15.0 Å². The number of nitrogen functional groups attached to an aromatic ring is 1. The van der Waals surface area contributed by atoms with Gasteiger partial charge in [0, 0.05) is 5.56 Å². The van der Waals surface area contributed by atoms with E-state index < -0.39 is 0 Å². The molecular formula is C15H15N3O2S. The molecule has 0 bridgehead atoms. The standard InChI is InChI=1S/C15H15N3O2S/c1-8-14(21-9(2)17-8)13-12(15(16)20-18-13)10-6-4-5-7-11(10)19-3/h4-7H,16H2,1-3H3. The van der Waals surface area contributed by atoms with E-state index in [-0.39, 0.29) is 5.88 Å². The SMILES string of the molecule is COc1ccccc1-c1c(-c2sc(C)nc2C)noc1N. The molecule has 0 radical (unpaired) electrons. The number of methoxy groups -OCH3 is 1. The van der Waals surface area contributed by atoms with E-state index in [1.165, 1.54) is 0 Å². The van der Waals surface area contributed by atoms with Crippen molar-refractivity contribution in [3.8, 4) is 27.4 Å². The lowest BCUT2D eigenvalue weighted by Gasteiger charge is -2.07. The summed E-state index contributed by atoms with van der Waals surface area (Å²) in [7, 11) is 1.63. The first-order valence-corrected chi connectivity index (χ1v) is 7.26.